The number of hydrogen-bond acceptors (Lipinski definition) is 4. The van der Waals surface area contributed by atoms with Crippen molar-refractivity contribution in [1.82, 2.24) is 5.58 Å². The average Bonchev–Trinajstić information content (AvgIpc) is 3.61. The van der Waals surface area contributed by atoms with Crippen LogP contribution in [0.2, 0.25) is 0 Å². The first kappa shape index (κ1) is 30.9. The molecule has 45 heavy (non-hydrogen) atoms. The van der Waals surface area contributed by atoms with E-state index in [0.29, 0.717) is 62.3 Å². The molecule has 6 heterocycles. The number of carboxylic acid groups (broad SMARTS) is 2. The van der Waals surface area contributed by atoms with E-state index in [9.17, 15) is 19.8 Å². The summed E-state index contributed by atoms with van der Waals surface area (Å²) in [5.74, 6) is -2.00. The predicted octanol–water partition coefficient (Wildman–Crippen LogP) is 5.12. The zero-order valence-corrected chi connectivity index (χ0v) is 28.7. The van der Waals surface area contributed by atoms with Crippen LogP contribution in [0.1, 0.15) is 73.7 Å². The van der Waals surface area contributed by atoms with Gasteiger partial charge in [0.1, 0.15) is 0 Å². The third kappa shape index (κ3) is 4.76. The number of aromatic nitrogens is 2. The molecule has 0 spiro atoms. The van der Waals surface area contributed by atoms with Gasteiger partial charge < -0.3 is 0 Å². The van der Waals surface area contributed by atoms with Crippen molar-refractivity contribution in [2.24, 2.45) is 9.98 Å². The van der Waals surface area contributed by atoms with Gasteiger partial charge in [-0.2, -0.15) is 0 Å². The molecule has 0 saturated heterocycles. The van der Waals surface area contributed by atoms with E-state index in [0.717, 1.165) is 27.8 Å². The van der Waals surface area contributed by atoms with Gasteiger partial charge in [-0.05, 0) is 0 Å². The van der Waals surface area contributed by atoms with Gasteiger partial charge in [-0.15, -0.1) is 0 Å². The first-order chi connectivity index (χ1) is 21.3. The fourth-order valence-corrected chi connectivity index (χ4v) is 13.3. The van der Waals surface area contributed by atoms with Crippen molar-refractivity contribution in [2.45, 2.75) is 66.7 Å². The molecule has 232 valence electrons. The normalized spacial score (nSPS) is 17.7. The van der Waals surface area contributed by atoms with Crippen LogP contribution in [0.4, 0.5) is 5.73 Å². The monoisotopic (exact) mass is 720 g/mol. The third-order valence-corrected chi connectivity index (χ3v) is 15.1. The Kier molecular flexibility index (Phi) is 7.62. The molecule has 2 N–H and O–H groups in total. The maximum atomic E-state index is 17.9. The molecule has 11 heteroatoms. The molecule has 8 nitrogen and oxygen atoms in total. The first-order valence-corrected chi connectivity index (χ1v) is 19.7. The Labute approximate surface area is 265 Å². The van der Waals surface area contributed by atoms with Crippen molar-refractivity contribution in [3.8, 4) is 0 Å². The summed E-state index contributed by atoms with van der Waals surface area (Å²) in [7, 11) is 0. The molecule has 0 aromatic carbocycles. The Bertz CT molecular complexity index is 2080. The van der Waals surface area contributed by atoms with E-state index in [2.05, 4.69) is 6.58 Å². The third-order valence-electron chi connectivity index (χ3n) is 9.32. The van der Waals surface area contributed by atoms with Crippen LogP contribution in [0.5, 0.6) is 0 Å². The number of nitrogens with zero attached hydrogens (tertiary/aromatic N) is 4. The maximum absolute atomic E-state index is 17.9. The summed E-state index contributed by atoms with van der Waals surface area (Å²) in [6.07, 6.45) is 8.84. The molecule has 2 aromatic rings. The van der Waals surface area contributed by atoms with E-state index in [1.807, 2.05) is 27.7 Å². The molecule has 4 aliphatic heterocycles. The molecule has 0 fully saturated rings. The van der Waals surface area contributed by atoms with Gasteiger partial charge in [-0.25, -0.2) is 0 Å². The fraction of sp³-hybridized carbons (Fsp3) is 0.294. The van der Waals surface area contributed by atoms with Crippen LogP contribution < -0.4 is 10.7 Å². The van der Waals surface area contributed by atoms with Crippen LogP contribution in [0.3, 0.4) is 0 Å². The van der Waals surface area contributed by atoms with E-state index in [1.165, 1.54) is 5.58 Å². The number of carbonyl (C=O) groups is 2. The predicted molar refractivity (Wildman–Crippen MR) is 174 cm³/mol. The van der Waals surface area contributed by atoms with Gasteiger partial charge >= 0.3 is 266 Å². The molecule has 0 aliphatic carbocycles. The molecule has 4 aliphatic rings. The molecule has 0 unspecified atom stereocenters. The number of aliphatic imine (C=N–C) groups is 2. The molecular weight excluding hydrogens is 685 g/mol. The Morgan fingerprint density at radius 3 is 2.09 bits per heavy atom. The summed E-state index contributed by atoms with van der Waals surface area (Å²) < 4.78 is 38.3. The van der Waals surface area contributed by atoms with Gasteiger partial charge in [0.05, 0.1) is 0 Å². The van der Waals surface area contributed by atoms with Crippen molar-refractivity contribution in [3.05, 3.63) is 90.7 Å². The Hall–Kier alpha value is -4.06. The van der Waals surface area contributed by atoms with E-state index in [4.69, 9.17) is 9.98 Å². The van der Waals surface area contributed by atoms with Crippen molar-refractivity contribution in [1.29, 1.82) is 0 Å². The van der Waals surface area contributed by atoms with Gasteiger partial charge in [0.2, 0.25) is 0 Å². The molecule has 2 aromatic heterocycles. The first-order valence-electron chi connectivity index (χ1n) is 15.0. The van der Waals surface area contributed by atoms with Crippen molar-refractivity contribution < 1.29 is 25.5 Å². The number of aliphatic carboxylic acids is 2. The number of rotatable bonds is 8. The molecule has 0 saturated carbocycles. The van der Waals surface area contributed by atoms with E-state index in [-0.39, 0.29) is 31.4 Å². The number of carboxylic acids is 2. The summed E-state index contributed by atoms with van der Waals surface area (Å²) >= 11 is -6.75. The number of hydrogen-bond donors (Lipinski definition) is 2. The van der Waals surface area contributed by atoms with Gasteiger partial charge in [0.15, 0.2) is 0 Å². The zero-order valence-electron chi connectivity index (χ0n) is 25.9. The second kappa shape index (κ2) is 11.1. The average molecular weight is 719 g/mol. The molecule has 0 radical (unpaired) electrons. The fourth-order valence-electron chi connectivity index (χ4n) is 6.95. The second-order valence-corrected chi connectivity index (χ2v) is 17.2. The number of fused-ring (bicyclic) bond motifs is 2. The molecule has 6 rings (SSSR count). The molecule has 0 amide bonds. The quantitative estimate of drug-likeness (QED) is 0.370. The Balaban J connectivity index is 1.86. The second-order valence-electron chi connectivity index (χ2n) is 11.8. The van der Waals surface area contributed by atoms with Crippen LogP contribution in [0.15, 0.2) is 56.3 Å². The molecular formula is C34H34F2N4O4Sn. The summed E-state index contributed by atoms with van der Waals surface area (Å²) in [6.45, 7) is 13.3. The van der Waals surface area contributed by atoms with Gasteiger partial charge in [0, 0.05) is 0 Å². The van der Waals surface area contributed by atoms with E-state index >= 15 is 5.73 Å². The summed E-state index contributed by atoms with van der Waals surface area (Å²) in [6, 6.07) is 0. The standard InChI is InChI=1S/C34H36N4O4.2FH.Sn/c1-7-21-17(3)25-13-26-19(5)23(9-11-33(39)40)31(37-26)16-32-24(10-12-34(41)42)20(6)28(38-32)15-30-22(8-2)18(4)27(36-30)14-29(21)35-25;;;/h7,13-16H,1,8-12H2,2-6H3,(H4,35,36,37,38,39,40,41,42);2*1H;/q;;;+4/p-4. The Morgan fingerprint density at radius 2 is 1.44 bits per heavy atom. The van der Waals surface area contributed by atoms with E-state index < -0.39 is 32.0 Å². The summed E-state index contributed by atoms with van der Waals surface area (Å²) in [4.78, 5) is 33.2. The Morgan fingerprint density at radius 1 is 0.822 bits per heavy atom. The minimum atomic E-state index is -6.75. The topological polar surface area (TPSA) is 109 Å². The summed E-state index contributed by atoms with van der Waals surface area (Å²) in [5, 5.41) is 19.9. The zero-order chi connectivity index (χ0) is 32.5. The van der Waals surface area contributed by atoms with Crippen LogP contribution >= 0.6 is 0 Å². The van der Waals surface area contributed by atoms with Crippen LogP contribution in [-0.4, -0.2) is 59.2 Å². The van der Waals surface area contributed by atoms with Crippen molar-refractivity contribution in [2.75, 3.05) is 0 Å². The SMILES string of the molecule is C=CC1=C(C)C2=Cc3c(C)c(CCC(=O)O)c4[n]3[Sn]([F])([F])[n]3c(c(C)c(CC)c3=CC3=NC(=C4)C(CCC(=O)O)=C3C)=CC1=N2. The van der Waals surface area contributed by atoms with Gasteiger partial charge in [-0.3, -0.25) is 0 Å². The van der Waals surface area contributed by atoms with Gasteiger partial charge in [-0.1, -0.05) is 0 Å². The molecule has 0 atom stereocenters. The summed E-state index contributed by atoms with van der Waals surface area (Å²) in [5.41, 5.74) is 8.18. The van der Waals surface area contributed by atoms with Crippen LogP contribution in [-0.2, 0) is 22.4 Å². The number of halogens is 2. The van der Waals surface area contributed by atoms with E-state index in [1.54, 1.807) is 37.3 Å². The number of allylic oxidation sites excluding steroid dienone is 5. The van der Waals surface area contributed by atoms with Crippen molar-refractivity contribution in [3.63, 3.8) is 0 Å². The molecule has 6 bridgehead atoms. The van der Waals surface area contributed by atoms with Crippen LogP contribution in [0.25, 0.3) is 24.3 Å². The minimum absolute atomic E-state index is 0.0409. The van der Waals surface area contributed by atoms with Crippen LogP contribution in [0, 0.1) is 13.8 Å². The van der Waals surface area contributed by atoms with Gasteiger partial charge in [0.25, 0.3) is 0 Å². The van der Waals surface area contributed by atoms with Crippen molar-refractivity contribution >= 4 is 67.7 Å².